The molecule has 0 saturated carbocycles. The number of ether oxygens (including phenoxy) is 3. The van der Waals surface area contributed by atoms with Crippen LogP contribution in [-0.4, -0.2) is 30.4 Å². The summed E-state index contributed by atoms with van der Waals surface area (Å²) in [5.41, 5.74) is 2.13. The average Bonchev–Trinajstić information content (AvgIpc) is 2.64. The lowest BCUT2D eigenvalue weighted by Gasteiger charge is -2.30. The maximum Gasteiger partial charge on any atom is 0.193 e. The van der Waals surface area contributed by atoms with E-state index in [1.807, 2.05) is 57.2 Å². The number of allylic oxidation sites excluding steroid dienone is 1. The Labute approximate surface area is 164 Å². The third-order valence-electron chi connectivity index (χ3n) is 4.36. The van der Waals surface area contributed by atoms with Gasteiger partial charge in [0.2, 0.25) is 0 Å². The molecule has 1 heterocycles. The van der Waals surface area contributed by atoms with E-state index in [1.54, 1.807) is 6.08 Å². The molecular weight excluding hydrogens is 356 g/mol. The van der Waals surface area contributed by atoms with Gasteiger partial charge in [0.1, 0.15) is 28.4 Å². The molecule has 0 fully saturated rings. The topological polar surface area (TPSA) is 65.0 Å². The summed E-state index contributed by atoms with van der Waals surface area (Å²) in [7, 11) is 1.51. The third-order valence-corrected chi connectivity index (χ3v) is 4.36. The van der Waals surface area contributed by atoms with E-state index in [-0.39, 0.29) is 23.9 Å². The van der Waals surface area contributed by atoms with Gasteiger partial charge in [-0.15, -0.1) is 0 Å². The zero-order valence-corrected chi connectivity index (χ0v) is 16.5. The summed E-state index contributed by atoms with van der Waals surface area (Å²) in [4.78, 5) is 12.9. The highest BCUT2D eigenvalue weighted by Gasteiger charge is 2.30. The maximum atomic E-state index is 12.9. The second kappa shape index (κ2) is 7.90. The van der Waals surface area contributed by atoms with E-state index in [0.29, 0.717) is 17.1 Å². The lowest BCUT2D eigenvalue weighted by Crippen LogP contribution is -2.28. The molecule has 3 rings (SSSR count). The van der Waals surface area contributed by atoms with Gasteiger partial charge in [0, 0.05) is 13.2 Å². The van der Waals surface area contributed by atoms with Gasteiger partial charge < -0.3 is 19.3 Å². The predicted molar refractivity (Wildman–Crippen MR) is 109 cm³/mol. The van der Waals surface area contributed by atoms with Gasteiger partial charge in [-0.2, -0.15) is 0 Å². The fourth-order valence-corrected chi connectivity index (χ4v) is 2.89. The van der Waals surface area contributed by atoms with Crippen molar-refractivity contribution in [3.63, 3.8) is 0 Å². The summed E-state index contributed by atoms with van der Waals surface area (Å²) >= 11 is 0. The van der Waals surface area contributed by atoms with Crippen LogP contribution in [-0.2, 0) is 4.74 Å². The van der Waals surface area contributed by atoms with Crippen LogP contribution in [0.1, 0.15) is 40.9 Å². The van der Waals surface area contributed by atoms with Gasteiger partial charge in [-0.25, -0.2) is 0 Å². The molecule has 5 heteroatoms. The van der Waals surface area contributed by atoms with Gasteiger partial charge in [0.15, 0.2) is 12.6 Å². The van der Waals surface area contributed by atoms with Crippen LogP contribution < -0.4 is 9.47 Å². The molecule has 0 amide bonds. The van der Waals surface area contributed by atoms with Gasteiger partial charge >= 0.3 is 0 Å². The number of phenols is 1. The third kappa shape index (κ3) is 4.26. The van der Waals surface area contributed by atoms with Gasteiger partial charge in [-0.05, 0) is 44.6 Å². The fraction of sp³-hybridized carbons (Fsp3) is 0.261. The zero-order chi connectivity index (χ0) is 20.3. The smallest absolute Gasteiger partial charge is 0.193 e. The standard InChI is InChI=1S/C23H24O5/c1-15-5-7-16(8-6-15)9-10-18(24)21-19(25)13-20(27-14-26-4)17-11-12-23(2,3)28-22(17)21/h5-13,25H,14H2,1-4H3/b10-9+. The molecule has 28 heavy (non-hydrogen) atoms. The number of benzene rings is 2. The fourth-order valence-electron chi connectivity index (χ4n) is 2.89. The van der Waals surface area contributed by atoms with Crippen molar-refractivity contribution in [2.75, 3.05) is 13.9 Å². The number of aryl methyl sites for hydroxylation is 1. The Balaban J connectivity index is 2.01. The summed E-state index contributed by atoms with van der Waals surface area (Å²) in [6, 6.07) is 9.22. The zero-order valence-electron chi connectivity index (χ0n) is 16.5. The van der Waals surface area contributed by atoms with Gasteiger partial charge in [-0.1, -0.05) is 35.9 Å². The molecule has 0 saturated heterocycles. The largest absolute Gasteiger partial charge is 0.507 e. The van der Waals surface area contributed by atoms with Gasteiger partial charge in [0.25, 0.3) is 0 Å². The highest BCUT2D eigenvalue weighted by atomic mass is 16.7. The molecule has 146 valence electrons. The molecule has 0 aromatic heterocycles. The van der Waals surface area contributed by atoms with E-state index >= 15 is 0 Å². The first-order valence-electron chi connectivity index (χ1n) is 9.00. The van der Waals surface area contributed by atoms with Crippen molar-refractivity contribution in [1.29, 1.82) is 0 Å². The lowest BCUT2D eigenvalue weighted by molar-refractivity contribution is 0.0502. The number of methoxy groups -OCH3 is 1. The number of ketones is 1. The number of phenolic OH excluding ortho intramolecular Hbond substituents is 1. The molecule has 2 aromatic carbocycles. The Morgan fingerprint density at radius 1 is 1.25 bits per heavy atom. The van der Waals surface area contributed by atoms with Crippen LogP contribution in [0.3, 0.4) is 0 Å². The molecule has 2 aromatic rings. The Morgan fingerprint density at radius 3 is 2.64 bits per heavy atom. The maximum absolute atomic E-state index is 12.9. The summed E-state index contributed by atoms with van der Waals surface area (Å²) in [5.74, 6) is 0.144. The van der Waals surface area contributed by atoms with Crippen LogP contribution in [0.4, 0.5) is 0 Å². The molecule has 0 unspecified atom stereocenters. The summed E-state index contributed by atoms with van der Waals surface area (Å²) in [5, 5.41) is 10.5. The van der Waals surface area contributed by atoms with E-state index in [1.165, 1.54) is 19.3 Å². The van der Waals surface area contributed by atoms with E-state index in [4.69, 9.17) is 14.2 Å². The van der Waals surface area contributed by atoms with Crippen molar-refractivity contribution in [1.82, 2.24) is 0 Å². The summed E-state index contributed by atoms with van der Waals surface area (Å²) in [6.07, 6.45) is 6.86. The monoisotopic (exact) mass is 380 g/mol. The van der Waals surface area contributed by atoms with Crippen LogP contribution in [0.2, 0.25) is 0 Å². The van der Waals surface area contributed by atoms with Crippen molar-refractivity contribution in [3.8, 4) is 17.2 Å². The van der Waals surface area contributed by atoms with Crippen molar-refractivity contribution in [3.05, 3.63) is 64.7 Å². The quantitative estimate of drug-likeness (QED) is 0.444. The lowest BCUT2D eigenvalue weighted by atomic mass is 9.96. The second-order valence-electron chi connectivity index (χ2n) is 7.21. The Hall–Kier alpha value is -3.05. The van der Waals surface area contributed by atoms with Crippen molar-refractivity contribution in [2.45, 2.75) is 26.4 Å². The number of carbonyl (C=O) groups is 1. The van der Waals surface area contributed by atoms with Gasteiger partial charge in [-0.3, -0.25) is 4.79 Å². The molecule has 0 atom stereocenters. The van der Waals surface area contributed by atoms with Crippen LogP contribution in [0, 0.1) is 6.92 Å². The van der Waals surface area contributed by atoms with E-state index in [9.17, 15) is 9.90 Å². The molecule has 1 aliphatic rings. The first-order chi connectivity index (χ1) is 13.3. The van der Waals surface area contributed by atoms with Gasteiger partial charge in [0.05, 0.1) is 5.56 Å². The average molecular weight is 380 g/mol. The molecule has 0 spiro atoms. The number of hydrogen-bond donors (Lipinski definition) is 1. The minimum atomic E-state index is -0.616. The van der Waals surface area contributed by atoms with Crippen LogP contribution in [0.5, 0.6) is 17.2 Å². The van der Waals surface area contributed by atoms with Crippen molar-refractivity contribution in [2.24, 2.45) is 0 Å². The number of hydrogen-bond acceptors (Lipinski definition) is 5. The van der Waals surface area contributed by atoms with Crippen molar-refractivity contribution >= 4 is 17.9 Å². The highest BCUT2D eigenvalue weighted by Crippen LogP contribution is 2.44. The SMILES string of the molecule is COCOc1cc(O)c(C(=O)/C=C/c2ccc(C)cc2)c2c1C=CC(C)(C)O2. The molecule has 1 N–H and O–H groups in total. The molecule has 0 radical (unpaired) electrons. The predicted octanol–water partition coefficient (Wildman–Crippen LogP) is 4.76. The van der Waals surface area contributed by atoms with Crippen LogP contribution in [0.25, 0.3) is 12.2 Å². The normalized spacial score (nSPS) is 14.6. The van der Waals surface area contributed by atoms with E-state index in [0.717, 1.165) is 11.1 Å². The number of aromatic hydroxyl groups is 1. The Morgan fingerprint density at radius 2 is 1.96 bits per heavy atom. The number of rotatable bonds is 6. The Bertz CT molecular complexity index is 936. The first kappa shape index (κ1) is 19.7. The number of fused-ring (bicyclic) bond motifs is 1. The second-order valence-corrected chi connectivity index (χ2v) is 7.21. The van der Waals surface area contributed by atoms with E-state index < -0.39 is 5.60 Å². The minimum absolute atomic E-state index is 0.0176. The van der Waals surface area contributed by atoms with Crippen LogP contribution >= 0.6 is 0 Å². The molecule has 0 aliphatic carbocycles. The first-order valence-corrected chi connectivity index (χ1v) is 9.00. The Kier molecular flexibility index (Phi) is 5.56. The minimum Gasteiger partial charge on any atom is -0.507 e. The van der Waals surface area contributed by atoms with E-state index in [2.05, 4.69) is 0 Å². The number of carbonyl (C=O) groups excluding carboxylic acids is 1. The van der Waals surface area contributed by atoms with Crippen LogP contribution in [0.15, 0.2) is 42.5 Å². The summed E-state index contributed by atoms with van der Waals surface area (Å²) in [6.45, 7) is 5.78. The van der Waals surface area contributed by atoms with Crippen molar-refractivity contribution < 1.29 is 24.1 Å². The molecule has 1 aliphatic heterocycles. The summed E-state index contributed by atoms with van der Waals surface area (Å²) < 4.78 is 16.5. The molecular formula is C23H24O5. The highest BCUT2D eigenvalue weighted by molar-refractivity contribution is 6.11. The molecule has 5 nitrogen and oxygen atoms in total. The molecule has 0 bridgehead atoms.